The number of ether oxygens (including phenoxy) is 2. The molecule has 1 aliphatic rings. The molecule has 7 heteroatoms. The van der Waals surface area contributed by atoms with Crippen LogP contribution in [0.4, 0.5) is 0 Å². The molecule has 0 bridgehead atoms. The average molecular weight is 502 g/mol. The largest absolute Gasteiger partial charge is 0.497 e. The van der Waals surface area contributed by atoms with Crippen molar-refractivity contribution in [1.29, 1.82) is 0 Å². The first kappa shape index (κ1) is 26.2. The number of carbonyl (C=O) groups is 2. The third kappa shape index (κ3) is 7.82. The van der Waals surface area contributed by atoms with Crippen LogP contribution in [0.2, 0.25) is 0 Å². The molecule has 3 aromatic rings. The van der Waals surface area contributed by atoms with Gasteiger partial charge in [-0.2, -0.15) is 0 Å². The van der Waals surface area contributed by atoms with E-state index < -0.39 is 0 Å². The normalized spacial score (nSPS) is 15.1. The maximum atomic E-state index is 13.4. The van der Waals surface area contributed by atoms with E-state index in [2.05, 4.69) is 15.5 Å². The molecule has 2 amide bonds. The molecule has 194 valence electrons. The molecule has 0 aromatic heterocycles. The predicted octanol–water partition coefficient (Wildman–Crippen LogP) is 4.31. The van der Waals surface area contributed by atoms with E-state index in [1.165, 1.54) is 0 Å². The Labute approximate surface area is 218 Å². The second kappa shape index (κ2) is 13.5. The van der Waals surface area contributed by atoms with Crippen molar-refractivity contribution in [2.24, 2.45) is 0 Å². The number of nitrogens with one attached hydrogen (secondary N) is 2. The highest BCUT2D eigenvalue weighted by molar-refractivity contribution is 5.96. The molecule has 0 unspecified atom stereocenters. The van der Waals surface area contributed by atoms with Gasteiger partial charge in [-0.05, 0) is 54.7 Å². The maximum Gasteiger partial charge on any atom is 0.252 e. The van der Waals surface area contributed by atoms with E-state index in [9.17, 15) is 9.59 Å². The first-order chi connectivity index (χ1) is 18.1. The van der Waals surface area contributed by atoms with Gasteiger partial charge in [0, 0.05) is 37.3 Å². The summed E-state index contributed by atoms with van der Waals surface area (Å²) in [6.45, 7) is 2.80. The highest BCUT2D eigenvalue weighted by Crippen LogP contribution is 2.26. The van der Waals surface area contributed by atoms with Crippen molar-refractivity contribution in [3.63, 3.8) is 0 Å². The molecule has 2 N–H and O–H groups in total. The minimum atomic E-state index is -0.184. The van der Waals surface area contributed by atoms with Crippen molar-refractivity contribution in [2.45, 2.75) is 38.9 Å². The van der Waals surface area contributed by atoms with Gasteiger partial charge in [-0.25, -0.2) is 0 Å². The molecule has 1 aliphatic heterocycles. The Kier molecular flexibility index (Phi) is 9.54. The van der Waals surface area contributed by atoms with Crippen molar-refractivity contribution in [3.8, 4) is 11.5 Å². The molecule has 3 aromatic carbocycles. The van der Waals surface area contributed by atoms with Gasteiger partial charge < -0.3 is 20.1 Å². The van der Waals surface area contributed by atoms with Crippen LogP contribution in [0, 0.1) is 0 Å². The zero-order valence-electron chi connectivity index (χ0n) is 21.4. The Morgan fingerprint density at radius 2 is 1.78 bits per heavy atom. The fourth-order valence-corrected chi connectivity index (χ4v) is 4.44. The standard InChI is InChI=1S/C30H35N3O4/c1-36-25-13-8-12-24(18-25)19-32-30(35)26-14-9-15-28-27(26)21-33(20-23-10-4-2-5-11-23)22-29(34)31-16-6-3-7-17-37-28/h2,4-5,8-15,18H,3,6-7,16-17,19-22H2,1H3,(H,31,34)(H,32,35). The Bertz CT molecular complexity index is 1180. The molecule has 0 spiro atoms. The number of hydrogen-bond acceptors (Lipinski definition) is 5. The molecule has 0 saturated carbocycles. The molecule has 0 fully saturated rings. The molecular formula is C30H35N3O4. The van der Waals surface area contributed by atoms with Crippen LogP contribution in [0.15, 0.2) is 72.8 Å². The van der Waals surface area contributed by atoms with E-state index in [1.807, 2.05) is 72.8 Å². The summed E-state index contributed by atoms with van der Waals surface area (Å²) in [5.74, 6) is 1.23. The van der Waals surface area contributed by atoms with Crippen LogP contribution in [-0.2, 0) is 24.4 Å². The summed E-state index contributed by atoms with van der Waals surface area (Å²) in [4.78, 5) is 28.2. The molecule has 1 heterocycles. The Morgan fingerprint density at radius 3 is 2.62 bits per heavy atom. The summed E-state index contributed by atoms with van der Waals surface area (Å²) in [6.07, 6.45) is 2.76. The lowest BCUT2D eigenvalue weighted by Gasteiger charge is -2.25. The summed E-state index contributed by atoms with van der Waals surface area (Å²) in [7, 11) is 1.62. The highest BCUT2D eigenvalue weighted by atomic mass is 16.5. The second-order valence-corrected chi connectivity index (χ2v) is 9.21. The summed E-state index contributed by atoms with van der Waals surface area (Å²) < 4.78 is 11.5. The van der Waals surface area contributed by atoms with Gasteiger partial charge in [0.25, 0.3) is 5.91 Å². The fraction of sp³-hybridized carbons (Fsp3) is 0.333. The second-order valence-electron chi connectivity index (χ2n) is 9.21. The van der Waals surface area contributed by atoms with E-state index in [0.29, 0.717) is 44.1 Å². The van der Waals surface area contributed by atoms with Crippen LogP contribution in [0.25, 0.3) is 0 Å². The number of rotatable bonds is 6. The van der Waals surface area contributed by atoms with Gasteiger partial charge in [0.15, 0.2) is 0 Å². The Balaban J connectivity index is 1.60. The minimum Gasteiger partial charge on any atom is -0.497 e. The summed E-state index contributed by atoms with van der Waals surface area (Å²) in [5, 5.41) is 6.07. The molecule has 4 rings (SSSR count). The molecule has 7 nitrogen and oxygen atoms in total. The topological polar surface area (TPSA) is 79.9 Å². The lowest BCUT2D eigenvalue weighted by atomic mass is 10.0. The quantitative estimate of drug-likeness (QED) is 0.526. The lowest BCUT2D eigenvalue weighted by Crippen LogP contribution is -2.37. The SMILES string of the molecule is COc1cccc(CNC(=O)c2cccc3c2CN(Cc2ccccc2)CC(=O)NCCCCCO3)c1. The minimum absolute atomic E-state index is 0.0161. The summed E-state index contributed by atoms with van der Waals surface area (Å²) in [6, 6.07) is 23.3. The number of nitrogens with zero attached hydrogens (tertiary/aromatic N) is 1. The van der Waals surface area contributed by atoms with Crippen molar-refractivity contribution in [1.82, 2.24) is 15.5 Å². The average Bonchev–Trinajstić information content (AvgIpc) is 2.93. The molecule has 0 radical (unpaired) electrons. The zero-order chi connectivity index (χ0) is 25.9. The van der Waals surface area contributed by atoms with Crippen molar-refractivity contribution in [2.75, 3.05) is 26.8 Å². The first-order valence-corrected chi connectivity index (χ1v) is 12.8. The lowest BCUT2D eigenvalue weighted by molar-refractivity contribution is -0.122. The van der Waals surface area contributed by atoms with Gasteiger partial charge in [-0.15, -0.1) is 0 Å². The van der Waals surface area contributed by atoms with Gasteiger partial charge in [0.2, 0.25) is 5.91 Å². The number of carbonyl (C=O) groups excluding carboxylic acids is 2. The highest BCUT2D eigenvalue weighted by Gasteiger charge is 2.21. The van der Waals surface area contributed by atoms with E-state index in [1.54, 1.807) is 7.11 Å². The third-order valence-corrected chi connectivity index (χ3v) is 6.36. The van der Waals surface area contributed by atoms with E-state index in [0.717, 1.165) is 41.7 Å². The predicted molar refractivity (Wildman–Crippen MR) is 144 cm³/mol. The molecule has 0 atom stereocenters. The van der Waals surface area contributed by atoms with Crippen LogP contribution in [0.1, 0.15) is 46.3 Å². The molecule has 0 saturated heterocycles. The maximum absolute atomic E-state index is 13.4. The van der Waals surface area contributed by atoms with Gasteiger partial charge in [0.1, 0.15) is 11.5 Å². The van der Waals surface area contributed by atoms with Crippen molar-refractivity contribution < 1.29 is 19.1 Å². The molecule has 0 aliphatic carbocycles. The first-order valence-electron chi connectivity index (χ1n) is 12.8. The van der Waals surface area contributed by atoms with Crippen molar-refractivity contribution >= 4 is 11.8 Å². The zero-order valence-corrected chi connectivity index (χ0v) is 21.4. The number of benzene rings is 3. The molecule has 37 heavy (non-hydrogen) atoms. The summed E-state index contributed by atoms with van der Waals surface area (Å²) in [5.41, 5.74) is 3.38. The van der Waals surface area contributed by atoms with Crippen molar-refractivity contribution in [3.05, 3.63) is 95.1 Å². The van der Waals surface area contributed by atoms with Gasteiger partial charge in [0.05, 0.1) is 20.3 Å². The van der Waals surface area contributed by atoms with Crippen LogP contribution < -0.4 is 20.1 Å². The number of amides is 2. The number of methoxy groups -OCH3 is 1. The van der Waals surface area contributed by atoms with E-state index >= 15 is 0 Å². The summed E-state index contributed by atoms with van der Waals surface area (Å²) >= 11 is 0. The number of fused-ring (bicyclic) bond motifs is 1. The third-order valence-electron chi connectivity index (χ3n) is 6.36. The smallest absolute Gasteiger partial charge is 0.252 e. The van der Waals surface area contributed by atoms with E-state index in [-0.39, 0.29) is 18.4 Å². The Hall–Kier alpha value is -3.84. The molecular weight excluding hydrogens is 466 g/mol. The van der Waals surface area contributed by atoms with Crippen LogP contribution in [0.5, 0.6) is 11.5 Å². The monoisotopic (exact) mass is 501 g/mol. The van der Waals surface area contributed by atoms with Gasteiger partial charge in [-0.3, -0.25) is 14.5 Å². The number of hydrogen-bond donors (Lipinski definition) is 2. The van der Waals surface area contributed by atoms with Crippen LogP contribution in [-0.4, -0.2) is 43.5 Å². The van der Waals surface area contributed by atoms with Gasteiger partial charge in [-0.1, -0.05) is 48.5 Å². The van der Waals surface area contributed by atoms with Crippen LogP contribution in [0.3, 0.4) is 0 Å². The Morgan fingerprint density at radius 1 is 0.973 bits per heavy atom. The van der Waals surface area contributed by atoms with Crippen LogP contribution >= 0.6 is 0 Å². The van der Waals surface area contributed by atoms with E-state index in [4.69, 9.17) is 9.47 Å². The van der Waals surface area contributed by atoms with Gasteiger partial charge >= 0.3 is 0 Å². The fourth-order valence-electron chi connectivity index (χ4n) is 4.44.